The first-order chi connectivity index (χ1) is 11.4. The monoisotopic (exact) mass is 345 g/mol. The molecule has 4 heteroatoms. The number of unbranched alkanes of at least 4 members (excludes halogenated alkanes) is 3. The van der Waals surface area contributed by atoms with Crippen LogP contribution in [0.5, 0.6) is 0 Å². The van der Waals surface area contributed by atoms with Crippen LogP contribution < -0.4 is 5.32 Å². The summed E-state index contributed by atoms with van der Waals surface area (Å²) in [6.45, 7) is 20.7. The maximum atomic E-state index is 10.4. The third-order valence-electron chi connectivity index (χ3n) is 4.63. The summed E-state index contributed by atoms with van der Waals surface area (Å²) < 4.78 is 5.63. The number of alkyl carbamates (subject to hydrolysis) is 1. The zero-order valence-electron chi connectivity index (χ0n) is 17.6. The number of carbonyl (C=O) groups excluding carboxylic acids is 1. The summed E-state index contributed by atoms with van der Waals surface area (Å²) >= 11 is 0. The van der Waals surface area contributed by atoms with E-state index in [-0.39, 0.29) is 6.09 Å². The van der Waals surface area contributed by atoms with E-state index < -0.39 is 0 Å². The lowest BCUT2D eigenvalue weighted by Crippen LogP contribution is -2.51. The van der Waals surface area contributed by atoms with Gasteiger partial charge in [0.25, 0.3) is 0 Å². The first-order valence-corrected chi connectivity index (χ1v) is 9.57. The lowest BCUT2D eigenvalue weighted by molar-refractivity contribution is -0.930. The number of nitrogens with one attached hydrogen (secondary N) is 1. The molecule has 1 N–H and O–H groups in total. The fraction of sp³-hybridized carbons (Fsp3) is 0.850. The summed E-state index contributed by atoms with van der Waals surface area (Å²) in [6, 6.07) is 0.821. The Balaban J connectivity index is -0.000000337. The van der Waals surface area contributed by atoms with Gasteiger partial charge >= 0.3 is 6.09 Å². The number of rotatable bonds is 10. The average Bonchev–Trinajstić information content (AvgIpc) is 2.64. The summed E-state index contributed by atoms with van der Waals surface area (Å²) in [4.78, 5) is 10.4. The minimum absolute atomic E-state index is 0.337. The molecule has 0 aliphatic rings. The highest BCUT2D eigenvalue weighted by Gasteiger charge is 2.24. The number of ether oxygens (including phenoxy) is 1. The Bertz CT molecular complexity index is 272. The largest absolute Gasteiger partial charge is 0.453 e. The average molecular weight is 346 g/mol. The van der Waals surface area contributed by atoms with Gasteiger partial charge in [-0.05, 0) is 33.1 Å². The molecule has 4 nitrogen and oxygen atoms in total. The van der Waals surface area contributed by atoms with Crippen LogP contribution in [0.2, 0.25) is 0 Å². The first-order valence-electron chi connectivity index (χ1n) is 9.57. The van der Waals surface area contributed by atoms with Crippen LogP contribution in [0.3, 0.4) is 0 Å². The number of quaternary nitrogens is 1. The van der Waals surface area contributed by atoms with Crippen molar-refractivity contribution in [2.24, 2.45) is 0 Å². The van der Waals surface area contributed by atoms with E-state index in [2.05, 4.69) is 64.9 Å². The van der Waals surface area contributed by atoms with Crippen molar-refractivity contribution in [2.45, 2.75) is 79.2 Å². The quantitative estimate of drug-likeness (QED) is 0.328. The predicted molar refractivity (Wildman–Crippen MR) is 107 cm³/mol. The van der Waals surface area contributed by atoms with Crippen molar-refractivity contribution in [1.29, 1.82) is 0 Å². The van der Waals surface area contributed by atoms with Crippen LogP contribution in [0.1, 0.15) is 73.1 Å². The predicted octanol–water partition coefficient (Wildman–Crippen LogP) is 5.39. The van der Waals surface area contributed by atoms with Crippen molar-refractivity contribution in [3.05, 3.63) is 13.2 Å². The first kappa shape index (κ1) is 27.8. The van der Waals surface area contributed by atoms with Crippen LogP contribution in [0, 0.1) is 0 Å². The Labute approximate surface area is 152 Å². The van der Waals surface area contributed by atoms with Crippen LogP contribution in [0.4, 0.5) is 4.79 Å². The summed E-state index contributed by atoms with van der Waals surface area (Å²) in [7, 11) is 3.76. The second-order valence-corrected chi connectivity index (χ2v) is 6.26. The molecule has 146 valence electrons. The molecule has 0 radical (unpaired) electrons. The lowest BCUT2D eigenvalue weighted by Gasteiger charge is -2.39. The van der Waals surface area contributed by atoms with Gasteiger partial charge in [-0.3, -0.25) is 0 Å². The Morgan fingerprint density at radius 1 is 1.08 bits per heavy atom. The van der Waals surface area contributed by atoms with Gasteiger partial charge in [-0.1, -0.05) is 40.0 Å². The molecule has 0 rings (SSSR count). The number of carbonyl (C=O) groups is 1. The maximum Gasteiger partial charge on any atom is 0.406 e. The zero-order valence-corrected chi connectivity index (χ0v) is 17.6. The molecule has 1 unspecified atom stereocenters. The second-order valence-electron chi connectivity index (χ2n) is 6.26. The van der Waals surface area contributed by atoms with Crippen molar-refractivity contribution in [3.63, 3.8) is 0 Å². The van der Waals surface area contributed by atoms with Gasteiger partial charge in [0.15, 0.2) is 0 Å². The Hall–Kier alpha value is -1.03. The molecule has 0 heterocycles. The zero-order chi connectivity index (χ0) is 19.4. The van der Waals surface area contributed by atoms with E-state index in [4.69, 9.17) is 0 Å². The Morgan fingerprint density at radius 3 is 2.00 bits per heavy atom. The normalized spacial score (nSPS) is 13.3. The highest BCUT2D eigenvalue weighted by atomic mass is 16.5. The van der Waals surface area contributed by atoms with Crippen molar-refractivity contribution in [3.8, 4) is 0 Å². The third-order valence-corrected chi connectivity index (χ3v) is 4.63. The van der Waals surface area contributed by atoms with E-state index in [0.29, 0.717) is 0 Å². The standard InChI is InChI=1S/C11H26N.C7H15NO2.C2H4/c1-6-9-10-12(5,8-3)11(4)7-2;1-3-4-5-6-8-7(9)10-2;1-2/h11H,6-10H2,1-5H3;3-6H2,1-2H3,(H,8,9);1-2H2/q+1;;/t11-,12?;;/m0../s1. The fourth-order valence-corrected chi connectivity index (χ4v) is 2.29. The van der Waals surface area contributed by atoms with Crippen molar-refractivity contribution in [2.75, 3.05) is 33.8 Å². The van der Waals surface area contributed by atoms with Crippen LogP contribution in [-0.2, 0) is 4.74 Å². The van der Waals surface area contributed by atoms with Gasteiger partial charge in [-0.15, -0.1) is 13.2 Å². The molecule has 2 atom stereocenters. The molecule has 0 fully saturated rings. The van der Waals surface area contributed by atoms with Crippen LogP contribution >= 0.6 is 0 Å². The second kappa shape index (κ2) is 20.0. The summed E-state index contributed by atoms with van der Waals surface area (Å²) in [5.41, 5.74) is 0. The van der Waals surface area contributed by atoms with Crippen LogP contribution in [0.25, 0.3) is 0 Å². The van der Waals surface area contributed by atoms with E-state index in [0.717, 1.165) is 25.4 Å². The molecule has 0 aromatic heterocycles. The summed E-state index contributed by atoms with van der Waals surface area (Å²) in [5, 5.41) is 2.61. The summed E-state index contributed by atoms with van der Waals surface area (Å²) in [6.07, 6.45) is 7.02. The lowest BCUT2D eigenvalue weighted by atomic mass is 10.1. The Kier molecular flexibility index (Phi) is 23.2. The number of hydrogen-bond acceptors (Lipinski definition) is 2. The van der Waals surface area contributed by atoms with Gasteiger partial charge in [0, 0.05) is 6.54 Å². The van der Waals surface area contributed by atoms with E-state index in [1.54, 1.807) is 0 Å². The Morgan fingerprint density at radius 2 is 1.62 bits per heavy atom. The SMILES string of the molecule is C=C.CCCCCNC(=O)OC.CCCC[N+](C)(CC)[C@@H](C)CC. The van der Waals surface area contributed by atoms with E-state index in [9.17, 15) is 4.79 Å². The van der Waals surface area contributed by atoms with Gasteiger partial charge in [0.2, 0.25) is 0 Å². The van der Waals surface area contributed by atoms with E-state index in [1.807, 2.05) is 0 Å². The van der Waals surface area contributed by atoms with Crippen LogP contribution in [0.15, 0.2) is 13.2 Å². The number of nitrogens with zero attached hydrogens (tertiary/aromatic N) is 1. The number of hydrogen-bond donors (Lipinski definition) is 1. The van der Waals surface area contributed by atoms with Gasteiger partial charge in [0.1, 0.15) is 0 Å². The summed E-state index contributed by atoms with van der Waals surface area (Å²) in [5.74, 6) is 0. The minimum Gasteiger partial charge on any atom is -0.453 e. The number of methoxy groups -OCH3 is 1. The maximum absolute atomic E-state index is 10.4. The smallest absolute Gasteiger partial charge is 0.406 e. The molecular formula is C20H45N2O2+. The molecule has 0 saturated heterocycles. The van der Waals surface area contributed by atoms with Gasteiger partial charge < -0.3 is 14.5 Å². The molecule has 0 saturated carbocycles. The molecule has 1 amide bonds. The van der Waals surface area contributed by atoms with Crippen molar-refractivity contribution < 1.29 is 14.0 Å². The van der Waals surface area contributed by atoms with Gasteiger partial charge in [-0.2, -0.15) is 0 Å². The minimum atomic E-state index is -0.337. The number of amides is 1. The molecular weight excluding hydrogens is 300 g/mol. The van der Waals surface area contributed by atoms with Crippen molar-refractivity contribution in [1.82, 2.24) is 5.32 Å². The molecule has 0 aliphatic carbocycles. The highest BCUT2D eigenvalue weighted by molar-refractivity contribution is 5.66. The fourth-order valence-electron chi connectivity index (χ4n) is 2.29. The molecule has 24 heavy (non-hydrogen) atoms. The molecule has 0 aromatic rings. The van der Waals surface area contributed by atoms with Gasteiger partial charge in [0.05, 0.1) is 33.3 Å². The highest BCUT2D eigenvalue weighted by Crippen LogP contribution is 2.14. The molecule has 0 aromatic carbocycles. The van der Waals surface area contributed by atoms with Crippen molar-refractivity contribution >= 4 is 6.09 Å². The van der Waals surface area contributed by atoms with E-state index >= 15 is 0 Å². The molecule has 0 aliphatic heterocycles. The third kappa shape index (κ3) is 15.9. The topological polar surface area (TPSA) is 38.3 Å². The van der Waals surface area contributed by atoms with Crippen LogP contribution in [-0.4, -0.2) is 50.4 Å². The molecule has 0 bridgehead atoms. The van der Waals surface area contributed by atoms with E-state index in [1.165, 1.54) is 50.4 Å². The van der Waals surface area contributed by atoms with Gasteiger partial charge in [-0.25, -0.2) is 4.79 Å². The molecule has 0 spiro atoms.